The number of benzene rings is 2. The van der Waals surface area contributed by atoms with Gasteiger partial charge in [0.15, 0.2) is 9.84 Å². The van der Waals surface area contributed by atoms with Crippen molar-refractivity contribution in [1.29, 1.82) is 0 Å². The highest BCUT2D eigenvalue weighted by Gasteiger charge is 2.32. The van der Waals surface area contributed by atoms with Crippen LogP contribution in [0.15, 0.2) is 54.9 Å². The smallest absolute Gasteiger partial charge is 0.416 e. The van der Waals surface area contributed by atoms with E-state index in [0.717, 1.165) is 18.4 Å². The molecule has 0 aliphatic carbocycles. The summed E-state index contributed by atoms with van der Waals surface area (Å²) in [4.78, 5) is 16.8. The molecule has 174 valence electrons. The number of nitrogens with zero attached hydrogens (tertiary/aromatic N) is 1. The minimum atomic E-state index is -4.79. The van der Waals surface area contributed by atoms with Gasteiger partial charge in [0.2, 0.25) is 0 Å². The third-order valence-electron chi connectivity index (χ3n) is 4.53. The van der Waals surface area contributed by atoms with Crippen molar-refractivity contribution in [2.75, 3.05) is 18.7 Å². The van der Waals surface area contributed by atoms with Gasteiger partial charge in [0.25, 0.3) is 5.91 Å². The summed E-state index contributed by atoms with van der Waals surface area (Å²) in [7, 11) is -2.31. The molecule has 0 unspecified atom stereocenters. The van der Waals surface area contributed by atoms with Crippen LogP contribution in [0.2, 0.25) is 0 Å². The van der Waals surface area contributed by atoms with Gasteiger partial charge in [-0.2, -0.15) is 13.2 Å². The minimum Gasteiger partial charge on any atom is -0.496 e. The first-order valence-corrected chi connectivity index (χ1v) is 11.4. The first-order chi connectivity index (χ1) is 15.4. The topological polar surface area (TPSA) is 85.4 Å². The molecule has 0 saturated heterocycles. The summed E-state index contributed by atoms with van der Waals surface area (Å²) in [5.74, 6) is -1.95. The van der Waals surface area contributed by atoms with Crippen molar-refractivity contribution in [3.63, 3.8) is 0 Å². The highest BCUT2D eigenvalue weighted by atomic mass is 32.2. The fraction of sp³-hybridized carbons (Fsp3) is 0.182. The van der Waals surface area contributed by atoms with Crippen molar-refractivity contribution < 1.29 is 35.5 Å². The second-order valence-electron chi connectivity index (χ2n) is 7.21. The summed E-state index contributed by atoms with van der Waals surface area (Å²) < 4.78 is 82.0. The number of rotatable bonds is 6. The van der Waals surface area contributed by atoms with E-state index in [-0.39, 0.29) is 22.6 Å². The SMILES string of the molecule is COc1cc(F)ccc1-c1ccncc1NC(=O)c1cc(CS(C)(=O)=O)cc(C(F)(F)F)c1. The molecule has 1 N–H and O–H groups in total. The van der Waals surface area contributed by atoms with E-state index >= 15 is 0 Å². The van der Waals surface area contributed by atoms with Crippen molar-refractivity contribution >= 4 is 21.4 Å². The Balaban J connectivity index is 2.03. The maximum Gasteiger partial charge on any atom is 0.416 e. The molecule has 0 saturated carbocycles. The van der Waals surface area contributed by atoms with E-state index in [1.807, 2.05) is 0 Å². The van der Waals surface area contributed by atoms with Gasteiger partial charge in [0.05, 0.1) is 30.3 Å². The van der Waals surface area contributed by atoms with Gasteiger partial charge in [0.1, 0.15) is 11.6 Å². The molecule has 0 radical (unpaired) electrons. The third kappa shape index (κ3) is 6.07. The number of ether oxygens (including phenoxy) is 1. The largest absolute Gasteiger partial charge is 0.496 e. The second kappa shape index (κ2) is 9.18. The highest BCUT2D eigenvalue weighted by Crippen LogP contribution is 2.36. The number of alkyl halides is 3. The fourth-order valence-electron chi connectivity index (χ4n) is 3.18. The zero-order valence-electron chi connectivity index (χ0n) is 17.4. The molecular formula is C22H18F4N2O4S. The zero-order valence-corrected chi connectivity index (χ0v) is 18.2. The third-order valence-corrected chi connectivity index (χ3v) is 5.39. The number of pyridine rings is 1. The number of carbonyl (C=O) groups is 1. The first kappa shape index (κ1) is 24.2. The Kier molecular flexibility index (Phi) is 6.73. The number of methoxy groups -OCH3 is 1. The van der Waals surface area contributed by atoms with E-state index in [0.29, 0.717) is 23.3 Å². The molecule has 0 fully saturated rings. The van der Waals surface area contributed by atoms with Crippen molar-refractivity contribution in [2.45, 2.75) is 11.9 Å². The molecule has 0 aliphatic heterocycles. The Morgan fingerprint density at radius 3 is 2.45 bits per heavy atom. The summed E-state index contributed by atoms with van der Waals surface area (Å²) in [6, 6.07) is 7.69. The van der Waals surface area contributed by atoms with Crippen molar-refractivity contribution in [3.05, 3.63) is 77.4 Å². The molecule has 11 heteroatoms. The van der Waals surface area contributed by atoms with Gasteiger partial charge in [-0.1, -0.05) is 0 Å². The Morgan fingerprint density at radius 2 is 1.82 bits per heavy atom. The van der Waals surface area contributed by atoms with Crippen LogP contribution in [0.3, 0.4) is 0 Å². The van der Waals surface area contributed by atoms with Gasteiger partial charge in [-0.15, -0.1) is 0 Å². The van der Waals surface area contributed by atoms with Crippen LogP contribution in [0.5, 0.6) is 5.75 Å². The maximum absolute atomic E-state index is 13.6. The number of hydrogen-bond donors (Lipinski definition) is 1. The highest BCUT2D eigenvalue weighted by molar-refractivity contribution is 7.89. The van der Waals surface area contributed by atoms with Crippen LogP contribution >= 0.6 is 0 Å². The first-order valence-electron chi connectivity index (χ1n) is 9.35. The summed E-state index contributed by atoms with van der Waals surface area (Å²) in [6.07, 6.45) is -1.21. The van der Waals surface area contributed by atoms with Gasteiger partial charge in [-0.05, 0) is 42.0 Å². The minimum absolute atomic E-state index is 0.134. The molecule has 0 spiro atoms. The number of aromatic nitrogens is 1. The van der Waals surface area contributed by atoms with Crippen molar-refractivity contribution in [1.82, 2.24) is 4.98 Å². The number of nitrogens with one attached hydrogen (secondary N) is 1. The van der Waals surface area contributed by atoms with E-state index < -0.39 is 39.1 Å². The van der Waals surface area contributed by atoms with Crippen LogP contribution < -0.4 is 10.1 Å². The summed E-state index contributed by atoms with van der Waals surface area (Å²) in [5.41, 5.74) is -0.778. The molecule has 1 aromatic heterocycles. The van der Waals surface area contributed by atoms with Crippen LogP contribution in [0.25, 0.3) is 11.1 Å². The number of sulfone groups is 1. The van der Waals surface area contributed by atoms with Crippen LogP contribution in [0.1, 0.15) is 21.5 Å². The molecule has 2 aromatic carbocycles. The Bertz CT molecular complexity index is 1310. The predicted octanol–water partition coefficient (Wildman–Crippen LogP) is 4.71. The van der Waals surface area contributed by atoms with E-state index in [1.165, 1.54) is 37.7 Å². The molecule has 0 aliphatic rings. The average Bonchev–Trinajstić information content (AvgIpc) is 2.72. The van der Waals surface area contributed by atoms with E-state index in [1.54, 1.807) is 0 Å². The molecular weight excluding hydrogens is 464 g/mol. The van der Waals surface area contributed by atoms with E-state index in [9.17, 15) is 30.8 Å². The number of amides is 1. The zero-order chi connectivity index (χ0) is 24.4. The molecule has 3 aromatic rings. The van der Waals surface area contributed by atoms with Crippen LogP contribution in [-0.2, 0) is 21.8 Å². The van der Waals surface area contributed by atoms with Gasteiger partial charge in [-0.3, -0.25) is 9.78 Å². The lowest BCUT2D eigenvalue weighted by Gasteiger charge is -2.15. The standard InChI is InChI=1S/C22H18F4N2O4S/c1-32-20-10-16(23)3-4-18(20)17-5-6-27-11-19(17)28-21(29)14-7-13(12-33(2,30)31)8-15(9-14)22(24,25)26/h3-11H,12H2,1-2H3,(H,28,29). The lowest BCUT2D eigenvalue weighted by atomic mass is 10.0. The van der Waals surface area contributed by atoms with Crippen LogP contribution in [-0.4, -0.2) is 32.7 Å². The molecule has 33 heavy (non-hydrogen) atoms. The number of hydrogen-bond acceptors (Lipinski definition) is 5. The average molecular weight is 482 g/mol. The second-order valence-corrected chi connectivity index (χ2v) is 9.35. The molecule has 1 heterocycles. The Labute approximate surface area is 187 Å². The van der Waals surface area contributed by atoms with Crippen molar-refractivity contribution in [2.24, 2.45) is 0 Å². The lowest BCUT2D eigenvalue weighted by molar-refractivity contribution is -0.137. The Morgan fingerprint density at radius 1 is 1.09 bits per heavy atom. The quantitative estimate of drug-likeness (QED) is 0.515. The van der Waals surface area contributed by atoms with E-state index in [4.69, 9.17) is 4.74 Å². The molecule has 0 bridgehead atoms. The molecule has 3 rings (SSSR count). The summed E-state index contributed by atoms with van der Waals surface area (Å²) >= 11 is 0. The predicted molar refractivity (Wildman–Crippen MR) is 114 cm³/mol. The summed E-state index contributed by atoms with van der Waals surface area (Å²) in [6.45, 7) is 0. The molecule has 0 atom stereocenters. The van der Waals surface area contributed by atoms with Gasteiger partial charge in [-0.25, -0.2) is 12.8 Å². The summed E-state index contributed by atoms with van der Waals surface area (Å²) in [5, 5.41) is 2.49. The van der Waals surface area contributed by atoms with Crippen LogP contribution in [0.4, 0.5) is 23.2 Å². The molecule has 1 amide bonds. The molecule has 6 nitrogen and oxygen atoms in total. The normalized spacial score (nSPS) is 11.8. The van der Waals surface area contributed by atoms with E-state index in [2.05, 4.69) is 10.3 Å². The van der Waals surface area contributed by atoms with Gasteiger partial charge < -0.3 is 10.1 Å². The van der Waals surface area contributed by atoms with Crippen LogP contribution in [0, 0.1) is 5.82 Å². The Hall–Kier alpha value is -3.47. The van der Waals surface area contributed by atoms with Crippen molar-refractivity contribution in [3.8, 4) is 16.9 Å². The number of halogens is 4. The lowest BCUT2D eigenvalue weighted by Crippen LogP contribution is -2.16. The number of carbonyl (C=O) groups excluding carboxylic acids is 1. The van der Waals surface area contributed by atoms with Gasteiger partial charge >= 0.3 is 6.18 Å². The maximum atomic E-state index is 13.6. The monoisotopic (exact) mass is 482 g/mol. The number of anilines is 1. The van der Waals surface area contributed by atoms with Gasteiger partial charge in [0, 0.05) is 35.2 Å². The fourth-order valence-corrected chi connectivity index (χ4v) is 3.96.